The summed E-state index contributed by atoms with van der Waals surface area (Å²) in [4.78, 5) is 26.4. The number of likely N-dealkylation sites (tertiary alicyclic amines) is 1. The lowest BCUT2D eigenvalue weighted by molar-refractivity contribution is 0.210. The average molecular weight is 389 g/mol. The Bertz CT molecular complexity index is 1050. The first-order valence-electron chi connectivity index (χ1n) is 8.94. The maximum atomic E-state index is 13.4. The normalized spacial score (nSPS) is 15.4. The Morgan fingerprint density at radius 1 is 1.14 bits per heavy atom. The fraction of sp³-hybridized carbons (Fsp3) is 0.421. The summed E-state index contributed by atoms with van der Waals surface area (Å²) in [5, 5.41) is 12.5. The van der Waals surface area contributed by atoms with Gasteiger partial charge >= 0.3 is 5.69 Å². The molecule has 1 aromatic heterocycles. The van der Waals surface area contributed by atoms with Gasteiger partial charge in [0, 0.05) is 39.8 Å². The molecule has 9 heteroatoms. The van der Waals surface area contributed by atoms with Crippen LogP contribution in [0, 0.1) is 23.0 Å². The molecule has 0 amide bonds. The van der Waals surface area contributed by atoms with E-state index in [4.69, 9.17) is 0 Å². The summed E-state index contributed by atoms with van der Waals surface area (Å²) in [6.07, 6.45) is 1.44. The van der Waals surface area contributed by atoms with Crippen LogP contribution in [-0.2, 0) is 20.6 Å². The number of nitrogens with zero attached hydrogens (tertiary/aromatic N) is 4. The third kappa shape index (κ3) is 3.82. The summed E-state index contributed by atoms with van der Waals surface area (Å²) >= 11 is 0. The molecule has 1 saturated heterocycles. The minimum absolute atomic E-state index is 0.00832. The van der Waals surface area contributed by atoms with Crippen molar-refractivity contribution in [1.82, 2.24) is 14.0 Å². The van der Waals surface area contributed by atoms with Crippen LogP contribution < -0.4 is 16.6 Å². The van der Waals surface area contributed by atoms with E-state index in [1.165, 1.54) is 24.7 Å². The molecule has 0 saturated carbocycles. The van der Waals surface area contributed by atoms with Gasteiger partial charge in [-0.05, 0) is 30.5 Å². The third-order valence-electron chi connectivity index (χ3n) is 5.09. The number of piperidine rings is 1. The number of hydrogen-bond acceptors (Lipinski definition) is 5. The van der Waals surface area contributed by atoms with Crippen molar-refractivity contribution in [2.45, 2.75) is 25.4 Å². The highest BCUT2D eigenvalue weighted by Gasteiger charge is 2.23. The summed E-state index contributed by atoms with van der Waals surface area (Å²) < 4.78 is 28.6. The standard InChI is InChI=1S/C19H21F2N5O2/c1-24-17(14(10-22)18(27)25(2)19(24)28)23-13-5-7-26(8-6-13)11-12-3-4-15(20)16(21)9-12/h3-4,9,13,23H,5-8,11H2,1-2H3. The van der Waals surface area contributed by atoms with Crippen molar-refractivity contribution >= 4 is 5.82 Å². The van der Waals surface area contributed by atoms with Crippen molar-refractivity contribution in [2.75, 3.05) is 18.4 Å². The number of hydrogen-bond donors (Lipinski definition) is 1. The quantitative estimate of drug-likeness (QED) is 0.853. The topological polar surface area (TPSA) is 83.1 Å². The number of anilines is 1. The van der Waals surface area contributed by atoms with Crippen LogP contribution in [0.2, 0.25) is 0 Å². The van der Waals surface area contributed by atoms with Crippen LogP contribution in [0.1, 0.15) is 24.0 Å². The number of halogens is 2. The smallest absolute Gasteiger partial charge is 0.332 e. The molecule has 3 rings (SSSR count). The van der Waals surface area contributed by atoms with Gasteiger partial charge in [-0.15, -0.1) is 0 Å². The highest BCUT2D eigenvalue weighted by molar-refractivity contribution is 5.51. The van der Waals surface area contributed by atoms with Crippen LogP contribution in [0.15, 0.2) is 27.8 Å². The number of nitrogens with one attached hydrogen (secondary N) is 1. The molecular formula is C19H21F2N5O2. The van der Waals surface area contributed by atoms with E-state index in [-0.39, 0.29) is 17.4 Å². The van der Waals surface area contributed by atoms with Gasteiger partial charge in [0.05, 0.1) is 0 Å². The molecule has 0 atom stereocenters. The van der Waals surface area contributed by atoms with E-state index in [0.29, 0.717) is 25.2 Å². The first-order valence-corrected chi connectivity index (χ1v) is 8.94. The fourth-order valence-electron chi connectivity index (χ4n) is 3.44. The number of aromatic nitrogens is 2. The maximum absolute atomic E-state index is 13.4. The van der Waals surface area contributed by atoms with Crippen molar-refractivity contribution in [3.63, 3.8) is 0 Å². The molecule has 0 aliphatic carbocycles. The fourth-order valence-corrected chi connectivity index (χ4v) is 3.44. The second kappa shape index (κ2) is 7.94. The van der Waals surface area contributed by atoms with Crippen LogP contribution in [0.5, 0.6) is 0 Å². The second-order valence-electron chi connectivity index (χ2n) is 6.98. The molecule has 1 aromatic carbocycles. The van der Waals surface area contributed by atoms with Gasteiger partial charge in [0.2, 0.25) is 0 Å². The largest absolute Gasteiger partial charge is 0.367 e. The second-order valence-corrected chi connectivity index (χ2v) is 6.98. The molecule has 1 aliphatic rings. The van der Waals surface area contributed by atoms with Gasteiger partial charge in [-0.3, -0.25) is 18.8 Å². The van der Waals surface area contributed by atoms with E-state index in [2.05, 4.69) is 10.2 Å². The Morgan fingerprint density at radius 3 is 2.43 bits per heavy atom. The zero-order valence-corrected chi connectivity index (χ0v) is 15.7. The highest BCUT2D eigenvalue weighted by atomic mass is 19.2. The summed E-state index contributed by atoms with van der Waals surface area (Å²) in [6.45, 7) is 1.92. The summed E-state index contributed by atoms with van der Waals surface area (Å²) in [5.74, 6) is -1.49. The van der Waals surface area contributed by atoms with Crippen LogP contribution in [0.4, 0.5) is 14.6 Å². The summed E-state index contributed by atoms with van der Waals surface area (Å²) in [6, 6.07) is 5.77. The molecule has 1 N–H and O–H groups in total. The molecule has 148 valence electrons. The monoisotopic (exact) mass is 389 g/mol. The van der Waals surface area contributed by atoms with Crippen molar-refractivity contribution in [3.05, 3.63) is 61.8 Å². The molecule has 0 radical (unpaired) electrons. The minimum Gasteiger partial charge on any atom is -0.367 e. The molecular weight excluding hydrogens is 368 g/mol. The zero-order chi connectivity index (χ0) is 20.4. The predicted octanol–water partition coefficient (Wildman–Crippen LogP) is 1.31. The van der Waals surface area contributed by atoms with Crippen LogP contribution >= 0.6 is 0 Å². The van der Waals surface area contributed by atoms with E-state index in [1.807, 2.05) is 6.07 Å². The third-order valence-corrected chi connectivity index (χ3v) is 5.09. The molecule has 7 nitrogen and oxygen atoms in total. The van der Waals surface area contributed by atoms with Gasteiger partial charge in [-0.1, -0.05) is 6.07 Å². The molecule has 1 aliphatic heterocycles. The molecule has 2 heterocycles. The zero-order valence-electron chi connectivity index (χ0n) is 15.7. The Balaban J connectivity index is 1.68. The van der Waals surface area contributed by atoms with E-state index >= 15 is 0 Å². The maximum Gasteiger partial charge on any atom is 0.332 e. The highest BCUT2D eigenvalue weighted by Crippen LogP contribution is 2.19. The molecule has 1 fully saturated rings. The van der Waals surface area contributed by atoms with Crippen molar-refractivity contribution < 1.29 is 8.78 Å². The van der Waals surface area contributed by atoms with Crippen molar-refractivity contribution in [1.29, 1.82) is 5.26 Å². The molecule has 0 bridgehead atoms. The van der Waals surface area contributed by atoms with E-state index in [1.54, 1.807) is 6.07 Å². The molecule has 0 unspecified atom stereocenters. The first-order chi connectivity index (χ1) is 13.3. The molecule has 0 spiro atoms. The number of nitriles is 1. The lowest BCUT2D eigenvalue weighted by Gasteiger charge is -2.33. The Morgan fingerprint density at radius 2 is 1.82 bits per heavy atom. The van der Waals surface area contributed by atoms with Crippen molar-refractivity contribution in [3.8, 4) is 6.07 Å². The van der Waals surface area contributed by atoms with Gasteiger partial charge in [0.1, 0.15) is 11.9 Å². The average Bonchev–Trinajstić information content (AvgIpc) is 2.69. The molecule has 2 aromatic rings. The predicted molar refractivity (Wildman–Crippen MR) is 99.9 cm³/mol. The van der Waals surface area contributed by atoms with Crippen LogP contribution in [0.3, 0.4) is 0 Å². The Labute approximate surface area is 160 Å². The van der Waals surface area contributed by atoms with E-state index in [0.717, 1.165) is 23.5 Å². The lowest BCUT2D eigenvalue weighted by atomic mass is 10.0. The van der Waals surface area contributed by atoms with E-state index in [9.17, 15) is 23.6 Å². The Kier molecular flexibility index (Phi) is 5.61. The molecule has 28 heavy (non-hydrogen) atoms. The van der Waals surface area contributed by atoms with Crippen molar-refractivity contribution in [2.24, 2.45) is 14.1 Å². The van der Waals surface area contributed by atoms with Gasteiger partial charge in [-0.25, -0.2) is 13.6 Å². The van der Waals surface area contributed by atoms with E-state index < -0.39 is 22.9 Å². The van der Waals surface area contributed by atoms with Crippen LogP contribution in [-0.4, -0.2) is 33.2 Å². The summed E-state index contributed by atoms with van der Waals surface area (Å²) in [7, 11) is 2.86. The Hall–Kier alpha value is -2.99. The van der Waals surface area contributed by atoms with Gasteiger partial charge in [0.15, 0.2) is 17.2 Å². The number of rotatable bonds is 4. The van der Waals surface area contributed by atoms with Crippen LogP contribution in [0.25, 0.3) is 0 Å². The lowest BCUT2D eigenvalue weighted by Crippen LogP contribution is -2.43. The van der Waals surface area contributed by atoms with Gasteiger partial charge in [-0.2, -0.15) is 5.26 Å². The van der Waals surface area contributed by atoms with Gasteiger partial charge < -0.3 is 5.32 Å². The minimum atomic E-state index is -0.862. The SMILES string of the molecule is Cn1c(NC2CCN(Cc3ccc(F)c(F)c3)CC2)c(C#N)c(=O)n(C)c1=O. The summed E-state index contributed by atoms with van der Waals surface area (Å²) in [5.41, 5.74) is -0.508. The van der Waals surface area contributed by atoms with Gasteiger partial charge in [0.25, 0.3) is 5.56 Å². The number of benzene rings is 1. The first kappa shape index (κ1) is 19.8.